The number of unbranched alkanes of at least 4 members (excludes halogenated alkanes) is 1. The lowest BCUT2D eigenvalue weighted by Gasteiger charge is -2.28. The van der Waals surface area contributed by atoms with Gasteiger partial charge in [0.25, 0.3) is 0 Å². The molecule has 3 rings (SSSR count). The SMILES string of the molecule is CCCCOc1cccc2c1ccn2C1COC1. The minimum Gasteiger partial charge on any atom is -0.493 e. The molecule has 0 radical (unpaired) electrons. The lowest BCUT2D eigenvalue weighted by atomic mass is 10.2. The van der Waals surface area contributed by atoms with Gasteiger partial charge in [-0.05, 0) is 24.6 Å². The van der Waals surface area contributed by atoms with Crippen molar-refractivity contribution in [2.24, 2.45) is 0 Å². The van der Waals surface area contributed by atoms with Crippen LogP contribution in [0.2, 0.25) is 0 Å². The maximum atomic E-state index is 5.86. The molecule has 3 nitrogen and oxygen atoms in total. The Morgan fingerprint density at radius 1 is 1.33 bits per heavy atom. The van der Waals surface area contributed by atoms with Gasteiger partial charge in [0.05, 0.1) is 31.4 Å². The van der Waals surface area contributed by atoms with E-state index in [-0.39, 0.29) is 0 Å². The van der Waals surface area contributed by atoms with Crippen molar-refractivity contribution < 1.29 is 9.47 Å². The third kappa shape index (κ3) is 1.99. The molecule has 1 aliphatic heterocycles. The molecule has 0 aliphatic carbocycles. The summed E-state index contributed by atoms with van der Waals surface area (Å²) in [5.41, 5.74) is 1.25. The first-order chi connectivity index (χ1) is 8.90. The molecule has 0 atom stereocenters. The molecule has 3 heteroatoms. The zero-order valence-electron chi connectivity index (χ0n) is 10.8. The number of ether oxygens (including phenoxy) is 2. The van der Waals surface area contributed by atoms with E-state index in [1.165, 1.54) is 10.9 Å². The summed E-state index contributed by atoms with van der Waals surface area (Å²) < 4.78 is 13.4. The van der Waals surface area contributed by atoms with Crippen molar-refractivity contribution in [1.29, 1.82) is 0 Å². The zero-order valence-corrected chi connectivity index (χ0v) is 10.8. The predicted octanol–water partition coefficient (Wildman–Crippen LogP) is 3.39. The number of benzene rings is 1. The Balaban J connectivity index is 1.88. The second-order valence-corrected chi connectivity index (χ2v) is 4.81. The summed E-state index contributed by atoms with van der Waals surface area (Å²) in [5, 5.41) is 1.21. The Hall–Kier alpha value is -1.48. The van der Waals surface area contributed by atoms with Gasteiger partial charge in [-0.15, -0.1) is 0 Å². The van der Waals surface area contributed by atoms with E-state index in [2.05, 4.69) is 42.0 Å². The van der Waals surface area contributed by atoms with Gasteiger partial charge < -0.3 is 14.0 Å². The van der Waals surface area contributed by atoms with Gasteiger partial charge in [-0.1, -0.05) is 19.4 Å². The van der Waals surface area contributed by atoms with E-state index >= 15 is 0 Å². The van der Waals surface area contributed by atoms with Crippen molar-refractivity contribution in [2.75, 3.05) is 19.8 Å². The summed E-state index contributed by atoms with van der Waals surface area (Å²) in [6, 6.07) is 8.92. The van der Waals surface area contributed by atoms with E-state index in [0.717, 1.165) is 38.4 Å². The molecule has 2 aromatic rings. The van der Waals surface area contributed by atoms with Gasteiger partial charge in [0.15, 0.2) is 0 Å². The number of nitrogens with zero attached hydrogens (tertiary/aromatic N) is 1. The molecule has 0 unspecified atom stereocenters. The molecule has 18 heavy (non-hydrogen) atoms. The molecule has 0 bridgehead atoms. The summed E-state index contributed by atoms with van der Waals surface area (Å²) in [7, 11) is 0. The number of hydrogen-bond donors (Lipinski definition) is 0. The molecule has 1 saturated heterocycles. The zero-order chi connectivity index (χ0) is 12.4. The van der Waals surface area contributed by atoms with Crippen LogP contribution in [0.5, 0.6) is 5.75 Å². The van der Waals surface area contributed by atoms with E-state index in [9.17, 15) is 0 Å². The van der Waals surface area contributed by atoms with Crippen LogP contribution in [0.1, 0.15) is 25.8 Å². The van der Waals surface area contributed by atoms with Crippen LogP contribution in [0.15, 0.2) is 30.5 Å². The third-order valence-corrected chi connectivity index (χ3v) is 3.49. The lowest BCUT2D eigenvalue weighted by Crippen LogP contribution is -2.29. The van der Waals surface area contributed by atoms with Crippen LogP contribution in [0, 0.1) is 0 Å². The fourth-order valence-corrected chi connectivity index (χ4v) is 2.31. The number of hydrogen-bond acceptors (Lipinski definition) is 2. The molecule has 0 N–H and O–H groups in total. The fraction of sp³-hybridized carbons (Fsp3) is 0.467. The van der Waals surface area contributed by atoms with Gasteiger partial charge in [0.1, 0.15) is 5.75 Å². The van der Waals surface area contributed by atoms with Crippen LogP contribution in [-0.4, -0.2) is 24.4 Å². The number of fused-ring (bicyclic) bond motifs is 1. The van der Waals surface area contributed by atoms with Crippen molar-refractivity contribution in [3.8, 4) is 5.75 Å². The van der Waals surface area contributed by atoms with Crippen molar-refractivity contribution >= 4 is 10.9 Å². The highest BCUT2D eigenvalue weighted by atomic mass is 16.5. The van der Waals surface area contributed by atoms with Crippen molar-refractivity contribution in [3.05, 3.63) is 30.5 Å². The van der Waals surface area contributed by atoms with Gasteiger partial charge in [-0.2, -0.15) is 0 Å². The van der Waals surface area contributed by atoms with Crippen molar-refractivity contribution in [2.45, 2.75) is 25.8 Å². The lowest BCUT2D eigenvalue weighted by molar-refractivity contribution is -0.0213. The molecule has 0 saturated carbocycles. The molecule has 0 amide bonds. The van der Waals surface area contributed by atoms with Crippen LogP contribution in [0.25, 0.3) is 10.9 Å². The highest BCUT2D eigenvalue weighted by Crippen LogP contribution is 2.30. The van der Waals surface area contributed by atoms with E-state index < -0.39 is 0 Å². The molecule has 96 valence electrons. The second kappa shape index (κ2) is 5.02. The number of rotatable bonds is 5. The minimum absolute atomic E-state index is 0.494. The summed E-state index contributed by atoms with van der Waals surface area (Å²) in [6.07, 6.45) is 4.41. The van der Waals surface area contributed by atoms with E-state index in [0.29, 0.717) is 6.04 Å². The summed E-state index contributed by atoms with van der Waals surface area (Å²) in [6.45, 7) is 4.62. The largest absolute Gasteiger partial charge is 0.493 e. The maximum absolute atomic E-state index is 5.86. The Kier molecular flexibility index (Phi) is 3.24. The van der Waals surface area contributed by atoms with Crippen LogP contribution in [0.4, 0.5) is 0 Å². The molecule has 1 fully saturated rings. The highest BCUT2D eigenvalue weighted by molar-refractivity contribution is 5.86. The Bertz CT molecular complexity index is 528. The van der Waals surface area contributed by atoms with Crippen LogP contribution < -0.4 is 4.74 Å². The molecule has 2 heterocycles. The molecular weight excluding hydrogens is 226 g/mol. The van der Waals surface area contributed by atoms with Crippen molar-refractivity contribution in [1.82, 2.24) is 4.57 Å². The smallest absolute Gasteiger partial charge is 0.128 e. The van der Waals surface area contributed by atoms with Gasteiger partial charge in [0.2, 0.25) is 0 Å². The third-order valence-electron chi connectivity index (χ3n) is 3.49. The fourth-order valence-electron chi connectivity index (χ4n) is 2.31. The standard InChI is InChI=1S/C15H19NO2/c1-2-3-9-18-15-6-4-5-14-13(15)7-8-16(14)12-10-17-11-12/h4-8,12H,2-3,9-11H2,1H3. The number of aromatic nitrogens is 1. The average molecular weight is 245 g/mol. The molecule has 1 aliphatic rings. The highest BCUT2D eigenvalue weighted by Gasteiger charge is 2.21. The van der Waals surface area contributed by atoms with Gasteiger partial charge in [-0.3, -0.25) is 0 Å². The maximum Gasteiger partial charge on any atom is 0.128 e. The van der Waals surface area contributed by atoms with Crippen molar-refractivity contribution in [3.63, 3.8) is 0 Å². The Morgan fingerprint density at radius 3 is 2.94 bits per heavy atom. The second-order valence-electron chi connectivity index (χ2n) is 4.81. The average Bonchev–Trinajstić information content (AvgIpc) is 2.73. The van der Waals surface area contributed by atoms with Crippen LogP contribution in [0.3, 0.4) is 0 Å². The summed E-state index contributed by atoms with van der Waals surface area (Å²) >= 11 is 0. The molecule has 0 spiro atoms. The topological polar surface area (TPSA) is 23.4 Å². The van der Waals surface area contributed by atoms with Crippen LogP contribution >= 0.6 is 0 Å². The Labute approximate surface area is 107 Å². The van der Waals surface area contributed by atoms with E-state index in [1.54, 1.807) is 0 Å². The van der Waals surface area contributed by atoms with Gasteiger partial charge in [-0.25, -0.2) is 0 Å². The van der Waals surface area contributed by atoms with Gasteiger partial charge >= 0.3 is 0 Å². The van der Waals surface area contributed by atoms with E-state index in [1.807, 2.05) is 0 Å². The minimum atomic E-state index is 0.494. The van der Waals surface area contributed by atoms with Gasteiger partial charge in [0, 0.05) is 11.6 Å². The quantitative estimate of drug-likeness (QED) is 0.754. The monoisotopic (exact) mass is 245 g/mol. The first-order valence-corrected chi connectivity index (χ1v) is 6.70. The van der Waals surface area contributed by atoms with Crippen LogP contribution in [-0.2, 0) is 4.74 Å². The summed E-state index contributed by atoms with van der Waals surface area (Å²) in [5.74, 6) is 1.000. The first-order valence-electron chi connectivity index (χ1n) is 6.70. The summed E-state index contributed by atoms with van der Waals surface area (Å²) in [4.78, 5) is 0. The normalized spacial score (nSPS) is 15.8. The Morgan fingerprint density at radius 2 is 2.22 bits per heavy atom. The molecule has 1 aromatic carbocycles. The molecule has 1 aromatic heterocycles. The first kappa shape index (κ1) is 11.6. The van der Waals surface area contributed by atoms with E-state index in [4.69, 9.17) is 9.47 Å². The predicted molar refractivity (Wildman–Crippen MR) is 72.2 cm³/mol. The molecular formula is C15H19NO2.